The summed E-state index contributed by atoms with van der Waals surface area (Å²) in [6.07, 6.45) is 0. The van der Waals surface area contributed by atoms with Gasteiger partial charge in [-0.15, -0.1) is 0 Å². The lowest BCUT2D eigenvalue weighted by Crippen LogP contribution is -2.16. The molecule has 1 aliphatic heterocycles. The molecule has 0 aromatic heterocycles. The Labute approximate surface area is 82.6 Å². The van der Waals surface area contributed by atoms with Gasteiger partial charge in [0.1, 0.15) is 0 Å². The van der Waals surface area contributed by atoms with E-state index in [1.54, 1.807) is 7.11 Å². The number of methoxy groups -OCH3 is 1. The summed E-state index contributed by atoms with van der Waals surface area (Å²) in [6.45, 7) is 0.742. The van der Waals surface area contributed by atoms with Gasteiger partial charge < -0.3 is 19.9 Å². The molecule has 0 radical (unpaired) electrons. The second kappa shape index (κ2) is 3.86. The molecule has 1 aliphatic rings. The van der Waals surface area contributed by atoms with E-state index < -0.39 is 0 Å². The Morgan fingerprint density at radius 1 is 1.50 bits per heavy atom. The van der Waals surface area contributed by atoms with Gasteiger partial charge in [0, 0.05) is 12.7 Å². The van der Waals surface area contributed by atoms with Gasteiger partial charge >= 0.3 is 0 Å². The first kappa shape index (κ1) is 9.30. The highest BCUT2D eigenvalue weighted by Gasteiger charge is 2.20. The number of ether oxygens (including phenoxy) is 3. The molecule has 1 aromatic carbocycles. The third-order valence-electron chi connectivity index (χ3n) is 2.17. The molecule has 0 spiro atoms. The highest BCUT2D eigenvalue weighted by atomic mass is 16.7. The third-order valence-corrected chi connectivity index (χ3v) is 2.17. The monoisotopic (exact) mass is 195 g/mol. The van der Waals surface area contributed by atoms with Crippen LogP contribution in [0.5, 0.6) is 11.5 Å². The molecule has 4 heteroatoms. The van der Waals surface area contributed by atoms with E-state index in [4.69, 9.17) is 19.9 Å². The van der Waals surface area contributed by atoms with Crippen LogP contribution in [-0.4, -0.2) is 20.5 Å². The highest BCUT2D eigenvalue weighted by Crippen LogP contribution is 2.37. The number of benzene rings is 1. The predicted molar refractivity (Wildman–Crippen MR) is 51.4 cm³/mol. The Kier molecular flexibility index (Phi) is 2.56. The van der Waals surface area contributed by atoms with Crippen LogP contribution in [-0.2, 0) is 4.74 Å². The van der Waals surface area contributed by atoms with Crippen molar-refractivity contribution in [2.75, 3.05) is 20.5 Å². The van der Waals surface area contributed by atoms with Crippen LogP contribution in [0.2, 0.25) is 0 Å². The smallest absolute Gasteiger partial charge is 0.231 e. The van der Waals surface area contributed by atoms with E-state index in [0.29, 0.717) is 6.61 Å². The fourth-order valence-electron chi connectivity index (χ4n) is 1.51. The van der Waals surface area contributed by atoms with E-state index in [1.165, 1.54) is 0 Å². The van der Waals surface area contributed by atoms with E-state index in [1.807, 2.05) is 18.2 Å². The quantitative estimate of drug-likeness (QED) is 0.783. The number of hydrogen-bond donors (Lipinski definition) is 1. The molecule has 0 bridgehead atoms. The van der Waals surface area contributed by atoms with Crippen LogP contribution in [0.25, 0.3) is 0 Å². The van der Waals surface area contributed by atoms with E-state index in [2.05, 4.69) is 0 Å². The van der Waals surface area contributed by atoms with Crippen molar-refractivity contribution in [3.63, 3.8) is 0 Å². The zero-order chi connectivity index (χ0) is 9.97. The second-order valence-corrected chi connectivity index (χ2v) is 3.14. The van der Waals surface area contributed by atoms with Gasteiger partial charge in [-0.1, -0.05) is 12.1 Å². The molecule has 0 unspecified atom stereocenters. The van der Waals surface area contributed by atoms with E-state index >= 15 is 0 Å². The van der Waals surface area contributed by atoms with Crippen molar-refractivity contribution in [1.29, 1.82) is 0 Å². The molecule has 0 amide bonds. The molecule has 2 N–H and O–H groups in total. The van der Waals surface area contributed by atoms with Gasteiger partial charge in [0.15, 0.2) is 11.5 Å². The normalized spacial score (nSPS) is 15.6. The highest BCUT2D eigenvalue weighted by molar-refractivity contribution is 5.49. The molecule has 1 atom stereocenters. The molecule has 14 heavy (non-hydrogen) atoms. The van der Waals surface area contributed by atoms with Gasteiger partial charge in [-0.25, -0.2) is 0 Å². The fourth-order valence-corrected chi connectivity index (χ4v) is 1.51. The Morgan fingerprint density at radius 2 is 2.36 bits per heavy atom. The van der Waals surface area contributed by atoms with Crippen LogP contribution in [0.4, 0.5) is 0 Å². The van der Waals surface area contributed by atoms with E-state index in [9.17, 15) is 0 Å². The molecule has 0 saturated heterocycles. The minimum atomic E-state index is -0.170. The summed E-state index contributed by atoms with van der Waals surface area (Å²) < 4.78 is 15.6. The molecule has 2 rings (SSSR count). The zero-order valence-electron chi connectivity index (χ0n) is 8.03. The largest absolute Gasteiger partial charge is 0.454 e. The zero-order valence-corrected chi connectivity index (χ0v) is 8.03. The number of hydrogen-bond acceptors (Lipinski definition) is 4. The Morgan fingerprint density at radius 3 is 3.14 bits per heavy atom. The molecular weight excluding hydrogens is 182 g/mol. The summed E-state index contributed by atoms with van der Waals surface area (Å²) >= 11 is 0. The summed E-state index contributed by atoms with van der Waals surface area (Å²) in [7, 11) is 1.63. The molecule has 4 nitrogen and oxygen atoms in total. The summed E-state index contributed by atoms with van der Waals surface area (Å²) in [5, 5.41) is 0. The first-order valence-corrected chi connectivity index (χ1v) is 4.46. The first-order chi connectivity index (χ1) is 6.83. The summed E-state index contributed by atoms with van der Waals surface area (Å²) in [4.78, 5) is 0. The average Bonchev–Trinajstić information content (AvgIpc) is 2.65. The van der Waals surface area contributed by atoms with Crippen molar-refractivity contribution in [2.24, 2.45) is 5.73 Å². The van der Waals surface area contributed by atoms with Gasteiger partial charge in [0.2, 0.25) is 6.79 Å². The van der Waals surface area contributed by atoms with Crippen LogP contribution in [0.1, 0.15) is 11.6 Å². The summed E-state index contributed by atoms with van der Waals surface area (Å²) in [5.74, 6) is 1.51. The van der Waals surface area contributed by atoms with Crippen LogP contribution < -0.4 is 15.2 Å². The molecule has 1 heterocycles. The number of fused-ring (bicyclic) bond motifs is 1. The van der Waals surface area contributed by atoms with Crippen LogP contribution >= 0.6 is 0 Å². The number of rotatable bonds is 3. The summed E-state index contributed by atoms with van der Waals surface area (Å²) in [5.41, 5.74) is 6.85. The van der Waals surface area contributed by atoms with Crippen LogP contribution in [0.3, 0.4) is 0 Å². The van der Waals surface area contributed by atoms with Crippen molar-refractivity contribution in [3.8, 4) is 11.5 Å². The Bertz CT molecular complexity index is 327. The molecule has 0 aliphatic carbocycles. The van der Waals surface area contributed by atoms with Crippen molar-refractivity contribution < 1.29 is 14.2 Å². The second-order valence-electron chi connectivity index (χ2n) is 3.14. The Hall–Kier alpha value is -1.26. The maximum Gasteiger partial charge on any atom is 0.231 e. The maximum atomic E-state index is 5.92. The Balaban J connectivity index is 2.29. The van der Waals surface area contributed by atoms with E-state index in [-0.39, 0.29) is 12.8 Å². The summed E-state index contributed by atoms with van der Waals surface area (Å²) in [6, 6.07) is 5.53. The SMILES string of the molecule is COC[C@@H](N)c1cccc2c1OCO2. The number of nitrogens with two attached hydrogens (primary N) is 1. The molecular formula is C10H13NO3. The van der Waals surface area contributed by atoms with Crippen molar-refractivity contribution in [3.05, 3.63) is 23.8 Å². The van der Waals surface area contributed by atoms with E-state index in [0.717, 1.165) is 17.1 Å². The minimum absolute atomic E-state index is 0.170. The van der Waals surface area contributed by atoms with Gasteiger partial charge in [0.05, 0.1) is 12.6 Å². The third kappa shape index (κ3) is 1.54. The molecule has 76 valence electrons. The topological polar surface area (TPSA) is 53.7 Å². The standard InChI is InChI=1S/C10H13NO3/c1-12-5-8(11)7-3-2-4-9-10(7)14-6-13-9/h2-4,8H,5-6,11H2,1H3/t8-/m1/s1. The minimum Gasteiger partial charge on any atom is -0.454 e. The lowest BCUT2D eigenvalue weighted by Gasteiger charge is -2.12. The van der Waals surface area contributed by atoms with Crippen molar-refractivity contribution >= 4 is 0 Å². The van der Waals surface area contributed by atoms with Gasteiger partial charge in [-0.2, -0.15) is 0 Å². The predicted octanol–water partition coefficient (Wildman–Crippen LogP) is 1.06. The first-order valence-electron chi connectivity index (χ1n) is 4.46. The lowest BCUT2D eigenvalue weighted by atomic mass is 10.1. The van der Waals surface area contributed by atoms with Crippen LogP contribution in [0, 0.1) is 0 Å². The lowest BCUT2D eigenvalue weighted by molar-refractivity contribution is 0.166. The van der Waals surface area contributed by atoms with Gasteiger partial charge in [-0.05, 0) is 6.07 Å². The molecule has 0 saturated carbocycles. The van der Waals surface area contributed by atoms with Crippen molar-refractivity contribution in [2.45, 2.75) is 6.04 Å². The van der Waals surface area contributed by atoms with Crippen LogP contribution in [0.15, 0.2) is 18.2 Å². The van der Waals surface area contributed by atoms with Gasteiger partial charge in [-0.3, -0.25) is 0 Å². The maximum absolute atomic E-state index is 5.92. The molecule has 0 fully saturated rings. The average molecular weight is 195 g/mol. The molecule has 1 aromatic rings. The van der Waals surface area contributed by atoms with Crippen molar-refractivity contribution in [1.82, 2.24) is 0 Å². The fraction of sp³-hybridized carbons (Fsp3) is 0.400. The van der Waals surface area contributed by atoms with Gasteiger partial charge in [0.25, 0.3) is 0 Å². The number of para-hydroxylation sites is 1.